The minimum Gasteiger partial charge on any atom is -0.478 e. The molecule has 0 aliphatic rings. The van der Waals surface area contributed by atoms with Gasteiger partial charge in [0.1, 0.15) is 0 Å². The standard InChI is InChI=1S/C17H15N3O2/c1-11-13(8-9-15(21)22)17(20(2)19-11)14-7-3-5-12-6-4-10-18-16(12)14/h3-10H,1-2H3,(H,21,22). The van der Waals surface area contributed by atoms with Crippen molar-refractivity contribution in [1.82, 2.24) is 14.8 Å². The molecule has 1 N–H and O–H groups in total. The molecule has 3 rings (SSSR count). The molecule has 2 aromatic heterocycles. The third-order valence-electron chi connectivity index (χ3n) is 3.55. The minimum absolute atomic E-state index is 0.780. The molecular weight excluding hydrogens is 278 g/mol. The number of rotatable bonds is 3. The van der Waals surface area contributed by atoms with Gasteiger partial charge in [-0.3, -0.25) is 9.67 Å². The summed E-state index contributed by atoms with van der Waals surface area (Å²) in [5, 5.41) is 14.3. The predicted octanol–water partition coefficient (Wildman–Crippen LogP) is 3.04. The first kappa shape index (κ1) is 14.0. The number of fused-ring (bicyclic) bond motifs is 1. The van der Waals surface area contributed by atoms with E-state index in [1.165, 1.54) is 0 Å². The van der Waals surface area contributed by atoms with Crippen molar-refractivity contribution in [3.05, 3.63) is 53.9 Å². The lowest BCUT2D eigenvalue weighted by atomic mass is 10.0. The van der Waals surface area contributed by atoms with E-state index in [0.717, 1.165) is 39.5 Å². The first-order chi connectivity index (χ1) is 10.6. The first-order valence-corrected chi connectivity index (χ1v) is 6.86. The molecule has 5 nitrogen and oxygen atoms in total. The van der Waals surface area contributed by atoms with E-state index in [1.807, 2.05) is 44.3 Å². The van der Waals surface area contributed by atoms with Crippen LogP contribution in [0.2, 0.25) is 0 Å². The summed E-state index contributed by atoms with van der Waals surface area (Å²) in [6.07, 6.45) is 4.47. The number of carboxylic acids is 1. The van der Waals surface area contributed by atoms with Crippen LogP contribution in [0.1, 0.15) is 11.3 Å². The van der Waals surface area contributed by atoms with E-state index in [4.69, 9.17) is 5.11 Å². The quantitative estimate of drug-likeness (QED) is 0.754. The maximum atomic E-state index is 10.8. The highest BCUT2D eigenvalue weighted by molar-refractivity contribution is 5.96. The first-order valence-electron chi connectivity index (χ1n) is 6.86. The molecule has 0 saturated heterocycles. The van der Waals surface area contributed by atoms with E-state index >= 15 is 0 Å². The molecule has 0 fully saturated rings. The van der Waals surface area contributed by atoms with Gasteiger partial charge in [0, 0.05) is 35.8 Å². The van der Waals surface area contributed by atoms with Crippen molar-refractivity contribution in [3.63, 3.8) is 0 Å². The Morgan fingerprint density at radius 1 is 1.27 bits per heavy atom. The molecule has 2 heterocycles. The molecule has 3 aromatic rings. The molecule has 1 aromatic carbocycles. The molecule has 0 bridgehead atoms. The van der Waals surface area contributed by atoms with Crippen LogP contribution in [0.4, 0.5) is 0 Å². The summed E-state index contributed by atoms with van der Waals surface area (Å²) in [5.41, 5.74) is 4.24. The van der Waals surface area contributed by atoms with Crippen LogP contribution in [-0.2, 0) is 11.8 Å². The monoisotopic (exact) mass is 293 g/mol. The van der Waals surface area contributed by atoms with Gasteiger partial charge in [0.15, 0.2) is 0 Å². The number of carbonyl (C=O) groups is 1. The predicted molar refractivity (Wildman–Crippen MR) is 85.4 cm³/mol. The number of hydrogen-bond donors (Lipinski definition) is 1. The molecule has 0 atom stereocenters. The van der Waals surface area contributed by atoms with Crippen molar-refractivity contribution in [2.75, 3.05) is 0 Å². The minimum atomic E-state index is -0.981. The average Bonchev–Trinajstić information content (AvgIpc) is 2.78. The van der Waals surface area contributed by atoms with Crippen molar-refractivity contribution in [2.45, 2.75) is 6.92 Å². The van der Waals surface area contributed by atoms with E-state index in [2.05, 4.69) is 10.1 Å². The van der Waals surface area contributed by atoms with Gasteiger partial charge in [-0.25, -0.2) is 4.79 Å². The van der Waals surface area contributed by atoms with Gasteiger partial charge in [-0.1, -0.05) is 24.3 Å². The van der Waals surface area contributed by atoms with E-state index in [0.29, 0.717) is 0 Å². The van der Waals surface area contributed by atoms with Gasteiger partial charge < -0.3 is 5.11 Å². The van der Waals surface area contributed by atoms with Crippen molar-refractivity contribution in [2.24, 2.45) is 7.05 Å². The molecule has 0 saturated carbocycles. The van der Waals surface area contributed by atoms with E-state index < -0.39 is 5.97 Å². The number of carboxylic acid groups (broad SMARTS) is 1. The van der Waals surface area contributed by atoms with Gasteiger partial charge in [0.25, 0.3) is 0 Å². The van der Waals surface area contributed by atoms with Crippen molar-refractivity contribution in [3.8, 4) is 11.3 Å². The van der Waals surface area contributed by atoms with Gasteiger partial charge in [0.2, 0.25) is 0 Å². The molecule has 0 radical (unpaired) electrons. The SMILES string of the molecule is Cc1nn(C)c(-c2cccc3cccnc23)c1C=CC(=O)O. The molecular formula is C17H15N3O2. The summed E-state index contributed by atoms with van der Waals surface area (Å²) >= 11 is 0. The Morgan fingerprint density at radius 3 is 2.82 bits per heavy atom. The summed E-state index contributed by atoms with van der Waals surface area (Å²) in [6, 6.07) is 9.84. The van der Waals surface area contributed by atoms with Crippen LogP contribution in [-0.4, -0.2) is 25.8 Å². The van der Waals surface area contributed by atoms with Crippen molar-refractivity contribution >= 4 is 22.9 Å². The third kappa shape index (κ3) is 2.37. The molecule has 0 amide bonds. The fourth-order valence-corrected chi connectivity index (χ4v) is 2.64. The second-order valence-electron chi connectivity index (χ2n) is 5.02. The van der Waals surface area contributed by atoms with Gasteiger partial charge in [-0.15, -0.1) is 0 Å². The zero-order chi connectivity index (χ0) is 15.7. The van der Waals surface area contributed by atoms with E-state index in [9.17, 15) is 4.79 Å². The smallest absolute Gasteiger partial charge is 0.328 e. The highest BCUT2D eigenvalue weighted by Crippen LogP contribution is 2.31. The number of hydrogen-bond acceptors (Lipinski definition) is 3. The number of aryl methyl sites for hydroxylation is 2. The Labute approximate surface area is 127 Å². The lowest BCUT2D eigenvalue weighted by Gasteiger charge is -2.07. The fraction of sp³-hybridized carbons (Fsp3) is 0.118. The Hall–Kier alpha value is -2.95. The normalized spacial score (nSPS) is 11.4. The Balaban J connectivity index is 2.29. The zero-order valence-electron chi connectivity index (χ0n) is 12.3. The van der Waals surface area contributed by atoms with Crippen LogP contribution < -0.4 is 0 Å². The van der Waals surface area contributed by atoms with Crippen molar-refractivity contribution < 1.29 is 9.90 Å². The second kappa shape index (κ2) is 5.44. The van der Waals surface area contributed by atoms with Gasteiger partial charge >= 0.3 is 5.97 Å². The van der Waals surface area contributed by atoms with E-state index in [1.54, 1.807) is 17.0 Å². The number of benzene rings is 1. The second-order valence-corrected chi connectivity index (χ2v) is 5.02. The number of nitrogens with zero attached hydrogens (tertiary/aromatic N) is 3. The Morgan fingerprint density at radius 2 is 2.05 bits per heavy atom. The van der Waals surface area contributed by atoms with Crippen LogP contribution in [0.25, 0.3) is 28.2 Å². The Bertz CT molecular complexity index is 889. The van der Waals surface area contributed by atoms with Crippen LogP contribution in [0, 0.1) is 6.92 Å². The third-order valence-corrected chi connectivity index (χ3v) is 3.55. The van der Waals surface area contributed by atoms with Gasteiger partial charge in [0.05, 0.1) is 16.9 Å². The van der Waals surface area contributed by atoms with Crippen LogP contribution in [0.5, 0.6) is 0 Å². The topological polar surface area (TPSA) is 68.0 Å². The van der Waals surface area contributed by atoms with Gasteiger partial charge in [-0.2, -0.15) is 5.10 Å². The number of pyridine rings is 1. The number of aromatic nitrogens is 3. The maximum absolute atomic E-state index is 10.8. The van der Waals surface area contributed by atoms with E-state index in [-0.39, 0.29) is 0 Å². The summed E-state index contributed by atoms with van der Waals surface area (Å²) in [4.78, 5) is 15.3. The molecule has 0 unspecified atom stereocenters. The molecule has 110 valence electrons. The van der Waals surface area contributed by atoms with Crippen LogP contribution in [0.15, 0.2) is 42.6 Å². The zero-order valence-corrected chi connectivity index (χ0v) is 12.3. The maximum Gasteiger partial charge on any atom is 0.328 e. The summed E-state index contributed by atoms with van der Waals surface area (Å²) in [6.45, 7) is 1.86. The van der Waals surface area contributed by atoms with Gasteiger partial charge in [-0.05, 0) is 19.1 Å². The lowest BCUT2D eigenvalue weighted by Crippen LogP contribution is -1.96. The Kier molecular flexibility index (Phi) is 3.47. The summed E-state index contributed by atoms with van der Waals surface area (Å²) in [5.74, 6) is -0.981. The highest BCUT2D eigenvalue weighted by atomic mass is 16.4. The number of aliphatic carboxylic acids is 1. The van der Waals surface area contributed by atoms with Crippen LogP contribution in [0.3, 0.4) is 0 Å². The molecule has 0 spiro atoms. The largest absolute Gasteiger partial charge is 0.478 e. The summed E-state index contributed by atoms with van der Waals surface area (Å²) in [7, 11) is 1.85. The summed E-state index contributed by atoms with van der Waals surface area (Å²) < 4.78 is 1.76. The molecule has 5 heteroatoms. The fourth-order valence-electron chi connectivity index (χ4n) is 2.64. The average molecular weight is 293 g/mol. The van der Waals surface area contributed by atoms with Crippen molar-refractivity contribution in [1.29, 1.82) is 0 Å². The number of para-hydroxylation sites is 1. The lowest BCUT2D eigenvalue weighted by molar-refractivity contribution is -0.131. The molecule has 0 aliphatic heterocycles. The molecule has 0 aliphatic carbocycles. The van der Waals surface area contributed by atoms with Crippen LogP contribution >= 0.6 is 0 Å². The molecule has 22 heavy (non-hydrogen) atoms. The highest BCUT2D eigenvalue weighted by Gasteiger charge is 2.16.